The molecule has 7 heteroatoms. The lowest BCUT2D eigenvalue weighted by atomic mass is 10.2. The van der Waals surface area contributed by atoms with Crippen LogP contribution in [0.5, 0.6) is 0 Å². The van der Waals surface area contributed by atoms with Crippen LogP contribution >= 0.6 is 11.8 Å². The SMILES string of the molecule is CCNc1ccc([N+](=O)[O-])c(NCC(C)CSC)n1. The van der Waals surface area contributed by atoms with Crippen LogP contribution in [0.15, 0.2) is 12.1 Å². The summed E-state index contributed by atoms with van der Waals surface area (Å²) in [5.41, 5.74) is 0.0120. The van der Waals surface area contributed by atoms with Crippen molar-refractivity contribution in [3.63, 3.8) is 0 Å². The Balaban J connectivity index is 2.82. The van der Waals surface area contributed by atoms with E-state index in [0.29, 0.717) is 24.1 Å². The van der Waals surface area contributed by atoms with E-state index >= 15 is 0 Å². The number of anilines is 2. The van der Waals surface area contributed by atoms with Gasteiger partial charge in [-0.25, -0.2) is 4.98 Å². The molecule has 1 heterocycles. The van der Waals surface area contributed by atoms with Gasteiger partial charge in [-0.3, -0.25) is 10.1 Å². The molecule has 2 N–H and O–H groups in total. The molecular formula is C12H20N4O2S. The van der Waals surface area contributed by atoms with E-state index in [9.17, 15) is 10.1 Å². The number of nitrogens with zero attached hydrogens (tertiary/aromatic N) is 2. The third-order valence-corrected chi connectivity index (χ3v) is 3.40. The Morgan fingerprint density at radius 1 is 1.47 bits per heavy atom. The van der Waals surface area contributed by atoms with Gasteiger partial charge in [0.25, 0.3) is 0 Å². The van der Waals surface area contributed by atoms with Crippen LogP contribution in [0.25, 0.3) is 0 Å². The number of nitro groups is 1. The van der Waals surface area contributed by atoms with Gasteiger partial charge in [0.2, 0.25) is 5.82 Å². The van der Waals surface area contributed by atoms with Crippen LogP contribution < -0.4 is 10.6 Å². The minimum Gasteiger partial charge on any atom is -0.370 e. The predicted octanol–water partition coefficient (Wildman–Crippen LogP) is 2.83. The first-order valence-electron chi connectivity index (χ1n) is 6.20. The van der Waals surface area contributed by atoms with Gasteiger partial charge in [-0.1, -0.05) is 6.92 Å². The predicted molar refractivity (Wildman–Crippen MR) is 81.1 cm³/mol. The molecule has 0 saturated carbocycles. The van der Waals surface area contributed by atoms with Gasteiger partial charge in [-0.2, -0.15) is 11.8 Å². The summed E-state index contributed by atoms with van der Waals surface area (Å²) in [4.78, 5) is 14.8. The van der Waals surface area contributed by atoms with Crippen LogP contribution in [0.1, 0.15) is 13.8 Å². The Labute approximate surface area is 117 Å². The summed E-state index contributed by atoms with van der Waals surface area (Å²) in [6.45, 7) is 5.46. The normalized spacial score (nSPS) is 11.9. The molecule has 106 valence electrons. The third kappa shape index (κ3) is 4.94. The zero-order chi connectivity index (χ0) is 14.3. The summed E-state index contributed by atoms with van der Waals surface area (Å²) in [6.07, 6.45) is 2.04. The quantitative estimate of drug-likeness (QED) is 0.564. The maximum atomic E-state index is 11.0. The maximum absolute atomic E-state index is 11.0. The van der Waals surface area contributed by atoms with E-state index in [2.05, 4.69) is 22.5 Å². The van der Waals surface area contributed by atoms with E-state index in [-0.39, 0.29) is 5.69 Å². The highest BCUT2D eigenvalue weighted by Crippen LogP contribution is 2.24. The van der Waals surface area contributed by atoms with Gasteiger partial charge in [-0.05, 0) is 30.9 Å². The molecule has 1 unspecified atom stereocenters. The number of rotatable bonds is 8. The van der Waals surface area contributed by atoms with Crippen molar-refractivity contribution in [3.8, 4) is 0 Å². The molecule has 0 aromatic carbocycles. The first-order valence-corrected chi connectivity index (χ1v) is 7.60. The molecule has 6 nitrogen and oxygen atoms in total. The molecule has 0 bridgehead atoms. The lowest BCUT2D eigenvalue weighted by Gasteiger charge is -2.12. The largest absolute Gasteiger partial charge is 0.370 e. The number of pyridine rings is 1. The van der Waals surface area contributed by atoms with Crippen LogP contribution in [0.4, 0.5) is 17.3 Å². The number of hydrogen-bond acceptors (Lipinski definition) is 6. The Bertz CT molecular complexity index is 428. The van der Waals surface area contributed by atoms with Crippen molar-refractivity contribution in [3.05, 3.63) is 22.2 Å². The average molecular weight is 284 g/mol. The Hall–Kier alpha value is -1.50. The molecule has 1 rings (SSSR count). The van der Waals surface area contributed by atoms with Crippen LogP contribution in [0, 0.1) is 16.0 Å². The lowest BCUT2D eigenvalue weighted by Crippen LogP contribution is -2.15. The first kappa shape index (κ1) is 15.6. The van der Waals surface area contributed by atoms with Gasteiger partial charge < -0.3 is 10.6 Å². The molecule has 1 atom stereocenters. The van der Waals surface area contributed by atoms with Crippen molar-refractivity contribution in [2.75, 3.05) is 35.7 Å². The van der Waals surface area contributed by atoms with Crippen LogP contribution in [0.2, 0.25) is 0 Å². The fraction of sp³-hybridized carbons (Fsp3) is 0.583. The second-order valence-electron chi connectivity index (χ2n) is 4.29. The van der Waals surface area contributed by atoms with Gasteiger partial charge in [0.05, 0.1) is 4.92 Å². The van der Waals surface area contributed by atoms with Gasteiger partial charge in [0.15, 0.2) is 0 Å². The minimum atomic E-state index is -0.412. The fourth-order valence-electron chi connectivity index (χ4n) is 1.62. The molecule has 0 saturated heterocycles. The van der Waals surface area contributed by atoms with Gasteiger partial charge in [0, 0.05) is 19.2 Å². The summed E-state index contributed by atoms with van der Waals surface area (Å²) in [7, 11) is 0. The molecule has 0 amide bonds. The molecule has 1 aromatic heterocycles. The summed E-state index contributed by atoms with van der Waals surface area (Å²) in [5, 5.41) is 17.1. The molecule has 0 aliphatic carbocycles. The Morgan fingerprint density at radius 3 is 2.79 bits per heavy atom. The number of aromatic nitrogens is 1. The summed E-state index contributed by atoms with van der Waals surface area (Å²) >= 11 is 1.76. The highest BCUT2D eigenvalue weighted by Gasteiger charge is 2.16. The lowest BCUT2D eigenvalue weighted by molar-refractivity contribution is -0.384. The van der Waals surface area contributed by atoms with E-state index in [4.69, 9.17) is 0 Å². The van der Waals surface area contributed by atoms with E-state index in [1.807, 2.05) is 13.2 Å². The zero-order valence-corrected chi connectivity index (χ0v) is 12.3. The molecule has 0 spiro atoms. The molecule has 0 radical (unpaired) electrons. The van der Waals surface area contributed by atoms with E-state index in [0.717, 1.165) is 12.3 Å². The van der Waals surface area contributed by atoms with Gasteiger partial charge in [0.1, 0.15) is 5.82 Å². The van der Waals surface area contributed by atoms with Crippen molar-refractivity contribution in [2.45, 2.75) is 13.8 Å². The monoisotopic (exact) mass is 284 g/mol. The van der Waals surface area contributed by atoms with Gasteiger partial charge in [-0.15, -0.1) is 0 Å². The second-order valence-corrected chi connectivity index (χ2v) is 5.20. The van der Waals surface area contributed by atoms with E-state index < -0.39 is 4.92 Å². The summed E-state index contributed by atoms with van der Waals surface area (Å²) in [6, 6.07) is 3.10. The van der Waals surface area contributed by atoms with E-state index in [1.165, 1.54) is 6.07 Å². The minimum absolute atomic E-state index is 0.0120. The molecule has 0 aliphatic heterocycles. The summed E-state index contributed by atoms with van der Waals surface area (Å²) < 4.78 is 0. The number of nitrogens with one attached hydrogen (secondary N) is 2. The van der Waals surface area contributed by atoms with Crippen molar-refractivity contribution in [2.24, 2.45) is 5.92 Å². The second kappa shape index (κ2) is 7.83. The van der Waals surface area contributed by atoms with Crippen LogP contribution in [-0.2, 0) is 0 Å². The highest BCUT2D eigenvalue weighted by atomic mass is 32.2. The molecular weight excluding hydrogens is 264 g/mol. The maximum Gasteiger partial charge on any atom is 0.311 e. The van der Waals surface area contributed by atoms with Gasteiger partial charge >= 0.3 is 5.69 Å². The Morgan fingerprint density at radius 2 is 2.21 bits per heavy atom. The highest BCUT2D eigenvalue weighted by molar-refractivity contribution is 7.98. The number of thioether (sulfide) groups is 1. The molecule has 0 fully saturated rings. The third-order valence-electron chi connectivity index (χ3n) is 2.50. The molecule has 19 heavy (non-hydrogen) atoms. The van der Waals surface area contributed by atoms with Crippen molar-refractivity contribution >= 4 is 29.1 Å². The first-order chi connectivity index (χ1) is 9.08. The van der Waals surface area contributed by atoms with Crippen molar-refractivity contribution < 1.29 is 4.92 Å². The van der Waals surface area contributed by atoms with Crippen LogP contribution in [0.3, 0.4) is 0 Å². The fourth-order valence-corrected chi connectivity index (χ4v) is 2.31. The Kier molecular flexibility index (Phi) is 6.41. The van der Waals surface area contributed by atoms with Crippen molar-refractivity contribution in [1.82, 2.24) is 4.98 Å². The van der Waals surface area contributed by atoms with E-state index in [1.54, 1.807) is 17.8 Å². The summed E-state index contributed by atoms with van der Waals surface area (Å²) in [5.74, 6) is 2.41. The molecule has 0 aliphatic rings. The smallest absolute Gasteiger partial charge is 0.311 e. The van der Waals surface area contributed by atoms with Crippen molar-refractivity contribution in [1.29, 1.82) is 0 Å². The average Bonchev–Trinajstić information content (AvgIpc) is 2.37. The van der Waals surface area contributed by atoms with Crippen LogP contribution in [-0.4, -0.2) is 35.0 Å². The standard InChI is InChI=1S/C12H20N4O2S/c1-4-13-11-6-5-10(16(17)18)12(15-11)14-7-9(2)8-19-3/h5-6,9H,4,7-8H2,1-3H3,(H2,13,14,15). The molecule has 1 aromatic rings. The topological polar surface area (TPSA) is 80.1 Å². The zero-order valence-electron chi connectivity index (χ0n) is 11.5. The number of hydrogen-bond donors (Lipinski definition) is 2.